The zero-order valence-electron chi connectivity index (χ0n) is 11.1. The van der Waals surface area contributed by atoms with Crippen LogP contribution in [-0.2, 0) is 10.2 Å². The second-order valence-corrected chi connectivity index (χ2v) is 4.70. The van der Waals surface area contributed by atoms with Crippen LogP contribution in [0.3, 0.4) is 0 Å². The van der Waals surface area contributed by atoms with Crippen LogP contribution in [0.5, 0.6) is 0 Å². The van der Waals surface area contributed by atoms with Crippen LogP contribution < -0.4 is 0 Å². The van der Waals surface area contributed by atoms with Crippen molar-refractivity contribution in [1.29, 1.82) is 0 Å². The molecular weight excluding hydrogens is 220 g/mol. The minimum absolute atomic E-state index is 0.0848. The Hall–Kier alpha value is -1.60. The summed E-state index contributed by atoms with van der Waals surface area (Å²) in [5, 5.41) is 0. The van der Waals surface area contributed by atoms with Crippen LogP contribution in [-0.4, -0.2) is 13.2 Å². The van der Waals surface area contributed by atoms with Crippen molar-refractivity contribution in [2.24, 2.45) is 0 Å². The van der Waals surface area contributed by atoms with Gasteiger partial charge < -0.3 is 4.74 Å². The summed E-state index contributed by atoms with van der Waals surface area (Å²) in [5.41, 5.74) is 2.51. The topological polar surface area (TPSA) is 9.23 Å². The Bertz CT molecular complexity index is 422. The zero-order chi connectivity index (χ0) is 12.8. The molecule has 0 bridgehead atoms. The zero-order valence-corrected chi connectivity index (χ0v) is 11.1. The molecule has 0 heterocycles. The molecule has 1 heteroatoms. The van der Waals surface area contributed by atoms with Crippen LogP contribution in [0.2, 0.25) is 0 Å². The first-order chi connectivity index (χ1) is 8.77. The van der Waals surface area contributed by atoms with E-state index in [1.54, 1.807) is 0 Å². The second kappa shape index (κ2) is 5.83. The molecule has 2 aromatic carbocycles. The van der Waals surface area contributed by atoms with Gasteiger partial charge in [-0.15, -0.1) is 0 Å². The average Bonchev–Trinajstić information content (AvgIpc) is 2.46. The number of ether oxygens (including phenoxy) is 1. The second-order valence-electron chi connectivity index (χ2n) is 4.70. The molecule has 0 unspecified atom stereocenters. The maximum Gasteiger partial charge on any atom is 0.0600 e. The third-order valence-electron chi connectivity index (χ3n) is 3.42. The molecule has 2 aromatic rings. The molecule has 0 aliphatic rings. The van der Waals surface area contributed by atoms with E-state index in [0.717, 1.165) is 6.61 Å². The smallest absolute Gasteiger partial charge is 0.0600 e. The molecule has 0 radical (unpaired) electrons. The van der Waals surface area contributed by atoms with E-state index in [1.165, 1.54) is 11.1 Å². The van der Waals surface area contributed by atoms with Gasteiger partial charge >= 0.3 is 0 Å². The maximum atomic E-state index is 5.71. The fourth-order valence-corrected chi connectivity index (χ4v) is 2.25. The summed E-state index contributed by atoms with van der Waals surface area (Å²) >= 11 is 0. The Morgan fingerprint density at radius 3 is 1.67 bits per heavy atom. The van der Waals surface area contributed by atoms with Gasteiger partial charge in [-0.25, -0.2) is 0 Å². The molecule has 0 aliphatic heterocycles. The molecule has 0 spiro atoms. The number of rotatable bonds is 5. The molecule has 0 aromatic heterocycles. The Kier molecular flexibility index (Phi) is 4.16. The van der Waals surface area contributed by atoms with E-state index in [9.17, 15) is 0 Å². The predicted molar refractivity (Wildman–Crippen MR) is 75.8 cm³/mol. The fraction of sp³-hybridized carbons (Fsp3) is 0.294. The van der Waals surface area contributed by atoms with E-state index < -0.39 is 0 Å². The molecule has 0 fully saturated rings. The normalized spacial score (nSPS) is 11.4. The molecule has 0 saturated carbocycles. The number of benzene rings is 2. The van der Waals surface area contributed by atoms with Gasteiger partial charge in [-0.2, -0.15) is 0 Å². The number of hydrogen-bond acceptors (Lipinski definition) is 1. The highest BCUT2D eigenvalue weighted by Crippen LogP contribution is 2.32. The highest BCUT2D eigenvalue weighted by Gasteiger charge is 2.28. The Labute approximate surface area is 109 Å². The molecule has 0 atom stereocenters. The third kappa shape index (κ3) is 2.62. The summed E-state index contributed by atoms with van der Waals surface area (Å²) < 4.78 is 5.71. The highest BCUT2D eigenvalue weighted by molar-refractivity contribution is 5.38. The average molecular weight is 240 g/mol. The first kappa shape index (κ1) is 12.8. The first-order valence-electron chi connectivity index (χ1n) is 6.46. The summed E-state index contributed by atoms with van der Waals surface area (Å²) in [6.07, 6.45) is 0. The minimum atomic E-state index is -0.0848. The van der Waals surface area contributed by atoms with E-state index >= 15 is 0 Å². The van der Waals surface area contributed by atoms with E-state index in [2.05, 4.69) is 67.6 Å². The standard InChI is InChI=1S/C17H20O/c1-3-18-14-17(2,15-10-6-4-7-11-15)16-12-8-5-9-13-16/h4-13H,3,14H2,1-2H3. The summed E-state index contributed by atoms with van der Waals surface area (Å²) in [6.45, 7) is 5.73. The van der Waals surface area contributed by atoms with Gasteiger partial charge in [-0.1, -0.05) is 60.7 Å². The predicted octanol–water partition coefficient (Wildman–Crippen LogP) is 4.03. The lowest BCUT2D eigenvalue weighted by Crippen LogP contribution is -2.29. The van der Waals surface area contributed by atoms with Gasteiger partial charge in [-0.05, 0) is 25.0 Å². The van der Waals surface area contributed by atoms with Crippen LogP contribution in [0.15, 0.2) is 60.7 Å². The van der Waals surface area contributed by atoms with Crippen LogP contribution in [0.4, 0.5) is 0 Å². The van der Waals surface area contributed by atoms with E-state index in [0.29, 0.717) is 6.61 Å². The largest absolute Gasteiger partial charge is 0.380 e. The van der Waals surface area contributed by atoms with Gasteiger partial charge in [0.25, 0.3) is 0 Å². The van der Waals surface area contributed by atoms with E-state index in [4.69, 9.17) is 4.74 Å². The SMILES string of the molecule is CCOCC(C)(c1ccccc1)c1ccccc1. The lowest BCUT2D eigenvalue weighted by atomic mass is 9.77. The Morgan fingerprint density at radius 1 is 0.833 bits per heavy atom. The van der Waals surface area contributed by atoms with Crippen LogP contribution in [0, 0.1) is 0 Å². The summed E-state index contributed by atoms with van der Waals surface area (Å²) in [6, 6.07) is 21.1. The highest BCUT2D eigenvalue weighted by atomic mass is 16.5. The quantitative estimate of drug-likeness (QED) is 0.766. The van der Waals surface area contributed by atoms with Gasteiger partial charge in [-0.3, -0.25) is 0 Å². The molecule has 18 heavy (non-hydrogen) atoms. The van der Waals surface area contributed by atoms with Gasteiger partial charge in [0, 0.05) is 12.0 Å². The molecule has 0 amide bonds. The third-order valence-corrected chi connectivity index (χ3v) is 3.42. The first-order valence-corrected chi connectivity index (χ1v) is 6.46. The Morgan fingerprint density at radius 2 is 1.28 bits per heavy atom. The van der Waals surface area contributed by atoms with Gasteiger partial charge in [0.05, 0.1) is 6.61 Å². The Balaban J connectivity index is 2.41. The van der Waals surface area contributed by atoms with Crippen LogP contribution >= 0.6 is 0 Å². The van der Waals surface area contributed by atoms with Crippen molar-refractivity contribution in [2.75, 3.05) is 13.2 Å². The van der Waals surface area contributed by atoms with Crippen molar-refractivity contribution in [3.8, 4) is 0 Å². The molecule has 94 valence electrons. The molecule has 0 aliphatic carbocycles. The van der Waals surface area contributed by atoms with Crippen molar-refractivity contribution in [3.05, 3.63) is 71.8 Å². The molecule has 2 rings (SSSR count). The summed E-state index contributed by atoms with van der Waals surface area (Å²) in [7, 11) is 0. The summed E-state index contributed by atoms with van der Waals surface area (Å²) in [4.78, 5) is 0. The lowest BCUT2D eigenvalue weighted by Gasteiger charge is -2.30. The van der Waals surface area contributed by atoms with Crippen molar-refractivity contribution >= 4 is 0 Å². The lowest BCUT2D eigenvalue weighted by molar-refractivity contribution is 0.112. The minimum Gasteiger partial charge on any atom is -0.380 e. The van der Waals surface area contributed by atoms with Crippen molar-refractivity contribution in [2.45, 2.75) is 19.3 Å². The summed E-state index contributed by atoms with van der Waals surface area (Å²) in [5.74, 6) is 0. The molecule has 0 saturated heterocycles. The van der Waals surface area contributed by atoms with Gasteiger partial charge in [0.15, 0.2) is 0 Å². The van der Waals surface area contributed by atoms with E-state index in [1.807, 2.05) is 6.92 Å². The molecule has 1 nitrogen and oxygen atoms in total. The van der Waals surface area contributed by atoms with Crippen molar-refractivity contribution in [1.82, 2.24) is 0 Å². The van der Waals surface area contributed by atoms with Crippen LogP contribution in [0.1, 0.15) is 25.0 Å². The number of hydrogen-bond donors (Lipinski definition) is 0. The molecule has 0 N–H and O–H groups in total. The van der Waals surface area contributed by atoms with Gasteiger partial charge in [0.1, 0.15) is 0 Å². The monoisotopic (exact) mass is 240 g/mol. The van der Waals surface area contributed by atoms with Crippen molar-refractivity contribution in [3.63, 3.8) is 0 Å². The van der Waals surface area contributed by atoms with E-state index in [-0.39, 0.29) is 5.41 Å². The fourth-order valence-electron chi connectivity index (χ4n) is 2.25. The van der Waals surface area contributed by atoms with Crippen LogP contribution in [0.25, 0.3) is 0 Å². The van der Waals surface area contributed by atoms with Gasteiger partial charge in [0.2, 0.25) is 0 Å². The van der Waals surface area contributed by atoms with Crippen molar-refractivity contribution < 1.29 is 4.74 Å². The molecular formula is C17H20O. The maximum absolute atomic E-state index is 5.71.